The predicted octanol–water partition coefficient (Wildman–Crippen LogP) is 1.14. The lowest BCUT2D eigenvalue weighted by atomic mass is 9.99. The van der Waals surface area contributed by atoms with Crippen LogP contribution >= 0.6 is 0 Å². The topological polar surface area (TPSA) is 107 Å². The second-order valence-electron chi connectivity index (χ2n) is 5.04. The van der Waals surface area contributed by atoms with Crippen molar-refractivity contribution in [2.45, 2.75) is 30.8 Å². The Morgan fingerprint density at radius 2 is 2.20 bits per heavy atom. The molecule has 1 aromatic carbocycles. The molecule has 0 aromatic heterocycles. The zero-order chi connectivity index (χ0) is 14.8. The largest absolute Gasteiger partial charge is 0.397 e. The van der Waals surface area contributed by atoms with Crippen LogP contribution in [0.3, 0.4) is 0 Å². The highest BCUT2D eigenvalue weighted by Gasteiger charge is 2.26. The standard InChI is InChI=1S/C13H21N3O3S/c1-2-13-9(5-6-19-13)8-16-12-4-3-10(7-11(12)14)20(15,17)18/h3-4,7,9,13,16H,2,5-6,8,14H2,1H3,(H2,15,17,18). The molecule has 0 amide bonds. The van der Waals surface area contributed by atoms with Gasteiger partial charge < -0.3 is 15.8 Å². The highest BCUT2D eigenvalue weighted by molar-refractivity contribution is 7.89. The maximum absolute atomic E-state index is 11.2. The summed E-state index contributed by atoms with van der Waals surface area (Å²) in [7, 11) is -3.71. The molecule has 112 valence electrons. The number of hydrogen-bond acceptors (Lipinski definition) is 5. The molecule has 1 aliphatic rings. The van der Waals surface area contributed by atoms with Crippen molar-refractivity contribution >= 4 is 21.4 Å². The van der Waals surface area contributed by atoms with Crippen molar-refractivity contribution in [1.29, 1.82) is 0 Å². The Hall–Kier alpha value is -1.31. The zero-order valence-corrected chi connectivity index (χ0v) is 12.3. The van der Waals surface area contributed by atoms with Crippen LogP contribution in [0.5, 0.6) is 0 Å². The van der Waals surface area contributed by atoms with E-state index in [0.717, 1.165) is 31.7 Å². The number of anilines is 2. The molecular weight excluding hydrogens is 278 g/mol. The second kappa shape index (κ2) is 5.99. The van der Waals surface area contributed by atoms with E-state index < -0.39 is 10.0 Å². The average molecular weight is 299 g/mol. The number of rotatable bonds is 5. The van der Waals surface area contributed by atoms with E-state index >= 15 is 0 Å². The molecule has 0 saturated carbocycles. The van der Waals surface area contributed by atoms with Gasteiger partial charge in [0.25, 0.3) is 0 Å². The first-order chi connectivity index (χ1) is 9.41. The molecule has 0 aliphatic carbocycles. The Bertz CT molecular complexity index is 574. The van der Waals surface area contributed by atoms with Gasteiger partial charge in [0.2, 0.25) is 10.0 Å². The summed E-state index contributed by atoms with van der Waals surface area (Å²) in [5.41, 5.74) is 6.96. The minimum atomic E-state index is -3.71. The van der Waals surface area contributed by atoms with Gasteiger partial charge in [0.05, 0.1) is 22.4 Å². The monoisotopic (exact) mass is 299 g/mol. The van der Waals surface area contributed by atoms with Crippen LogP contribution in [-0.4, -0.2) is 27.7 Å². The van der Waals surface area contributed by atoms with E-state index in [2.05, 4.69) is 12.2 Å². The van der Waals surface area contributed by atoms with E-state index in [4.69, 9.17) is 15.6 Å². The van der Waals surface area contributed by atoms with Gasteiger partial charge in [0, 0.05) is 19.1 Å². The van der Waals surface area contributed by atoms with Gasteiger partial charge in [-0.15, -0.1) is 0 Å². The highest BCUT2D eigenvalue weighted by Crippen LogP contribution is 2.26. The lowest BCUT2D eigenvalue weighted by molar-refractivity contribution is 0.0900. The van der Waals surface area contributed by atoms with E-state index in [0.29, 0.717) is 11.6 Å². The minimum Gasteiger partial charge on any atom is -0.397 e. The van der Waals surface area contributed by atoms with Gasteiger partial charge >= 0.3 is 0 Å². The number of hydrogen-bond donors (Lipinski definition) is 3. The summed E-state index contributed by atoms with van der Waals surface area (Å²) in [5, 5.41) is 8.32. The molecule has 6 nitrogen and oxygen atoms in total. The molecule has 1 saturated heterocycles. The van der Waals surface area contributed by atoms with E-state index in [-0.39, 0.29) is 11.0 Å². The van der Waals surface area contributed by atoms with Crippen LogP contribution in [0.25, 0.3) is 0 Å². The van der Waals surface area contributed by atoms with E-state index in [9.17, 15) is 8.42 Å². The van der Waals surface area contributed by atoms with Crippen LogP contribution in [0.15, 0.2) is 23.1 Å². The van der Waals surface area contributed by atoms with Crippen molar-refractivity contribution in [2.24, 2.45) is 11.1 Å². The molecule has 7 heteroatoms. The molecule has 5 N–H and O–H groups in total. The first-order valence-corrected chi connectivity index (χ1v) is 8.24. The van der Waals surface area contributed by atoms with Crippen molar-refractivity contribution in [3.63, 3.8) is 0 Å². The first kappa shape index (κ1) is 15.1. The molecular formula is C13H21N3O3S. The fourth-order valence-electron chi connectivity index (χ4n) is 2.50. The van der Waals surface area contributed by atoms with Crippen LogP contribution in [0.2, 0.25) is 0 Å². The van der Waals surface area contributed by atoms with Gasteiger partial charge in [-0.05, 0) is 31.0 Å². The SMILES string of the molecule is CCC1OCCC1CNc1ccc(S(N)(=O)=O)cc1N. The maximum Gasteiger partial charge on any atom is 0.238 e. The van der Waals surface area contributed by atoms with Crippen molar-refractivity contribution in [3.8, 4) is 0 Å². The number of benzene rings is 1. The van der Waals surface area contributed by atoms with Crippen molar-refractivity contribution < 1.29 is 13.2 Å². The quantitative estimate of drug-likeness (QED) is 0.707. The minimum absolute atomic E-state index is 0.0242. The summed E-state index contributed by atoms with van der Waals surface area (Å²) < 4.78 is 28.1. The van der Waals surface area contributed by atoms with Crippen LogP contribution in [0, 0.1) is 5.92 Å². The van der Waals surface area contributed by atoms with Gasteiger partial charge in [-0.2, -0.15) is 0 Å². The van der Waals surface area contributed by atoms with Gasteiger partial charge in [-0.25, -0.2) is 13.6 Å². The van der Waals surface area contributed by atoms with E-state index in [1.807, 2.05) is 0 Å². The number of nitrogen functional groups attached to an aromatic ring is 1. The number of sulfonamides is 1. The lowest BCUT2D eigenvalue weighted by Gasteiger charge is -2.18. The molecule has 2 rings (SSSR count). The van der Waals surface area contributed by atoms with Crippen molar-refractivity contribution in [3.05, 3.63) is 18.2 Å². The Morgan fingerprint density at radius 1 is 1.45 bits per heavy atom. The average Bonchev–Trinajstić information content (AvgIpc) is 2.83. The van der Waals surface area contributed by atoms with Crippen LogP contribution in [0.1, 0.15) is 19.8 Å². The summed E-state index contributed by atoms with van der Waals surface area (Å²) in [6.07, 6.45) is 2.31. The highest BCUT2D eigenvalue weighted by atomic mass is 32.2. The van der Waals surface area contributed by atoms with E-state index in [1.54, 1.807) is 6.07 Å². The van der Waals surface area contributed by atoms with Gasteiger partial charge in [-0.3, -0.25) is 0 Å². The number of nitrogens with two attached hydrogens (primary N) is 2. The van der Waals surface area contributed by atoms with Crippen molar-refractivity contribution in [2.75, 3.05) is 24.2 Å². The molecule has 0 spiro atoms. The number of nitrogens with one attached hydrogen (secondary N) is 1. The summed E-state index contributed by atoms with van der Waals surface area (Å²) in [6, 6.07) is 4.47. The Balaban J connectivity index is 2.03. The molecule has 1 fully saturated rings. The molecule has 1 heterocycles. The lowest BCUT2D eigenvalue weighted by Crippen LogP contribution is -2.23. The summed E-state index contributed by atoms with van der Waals surface area (Å²) >= 11 is 0. The molecule has 1 aromatic rings. The molecule has 2 atom stereocenters. The normalized spacial score (nSPS) is 22.9. The smallest absolute Gasteiger partial charge is 0.238 e. The maximum atomic E-state index is 11.2. The van der Waals surface area contributed by atoms with Crippen LogP contribution in [-0.2, 0) is 14.8 Å². The van der Waals surface area contributed by atoms with Crippen LogP contribution < -0.4 is 16.2 Å². The predicted molar refractivity (Wildman–Crippen MR) is 78.9 cm³/mol. The van der Waals surface area contributed by atoms with Gasteiger partial charge in [0.15, 0.2) is 0 Å². The molecule has 0 radical (unpaired) electrons. The first-order valence-electron chi connectivity index (χ1n) is 6.69. The summed E-state index contributed by atoms with van der Waals surface area (Å²) in [6.45, 7) is 3.67. The number of ether oxygens (including phenoxy) is 1. The number of primary sulfonamides is 1. The Morgan fingerprint density at radius 3 is 2.80 bits per heavy atom. The third-order valence-corrected chi connectivity index (χ3v) is 4.57. The fraction of sp³-hybridized carbons (Fsp3) is 0.538. The van der Waals surface area contributed by atoms with Crippen molar-refractivity contribution in [1.82, 2.24) is 0 Å². The second-order valence-corrected chi connectivity index (χ2v) is 6.60. The molecule has 1 aliphatic heterocycles. The zero-order valence-electron chi connectivity index (χ0n) is 11.5. The molecule has 0 bridgehead atoms. The Labute approximate surface area is 119 Å². The Kier molecular flexibility index (Phi) is 4.52. The van der Waals surface area contributed by atoms with Gasteiger partial charge in [0.1, 0.15) is 0 Å². The summed E-state index contributed by atoms with van der Waals surface area (Å²) in [5.74, 6) is 0.456. The fourth-order valence-corrected chi connectivity index (χ4v) is 3.05. The molecule has 20 heavy (non-hydrogen) atoms. The summed E-state index contributed by atoms with van der Waals surface area (Å²) in [4.78, 5) is 0.0242. The van der Waals surface area contributed by atoms with Crippen LogP contribution in [0.4, 0.5) is 11.4 Å². The molecule has 2 unspecified atom stereocenters. The van der Waals surface area contributed by atoms with E-state index in [1.165, 1.54) is 12.1 Å². The third-order valence-electron chi connectivity index (χ3n) is 3.65. The third kappa shape index (κ3) is 3.41. The van der Waals surface area contributed by atoms with Gasteiger partial charge in [-0.1, -0.05) is 6.92 Å².